The maximum atomic E-state index is 12.3. The SMILES string of the molecule is O=S(=O)(NC1CCN(CCOc2cc(Cl)ccc2Cl)C1)c1ccc(Cl)s1. The Balaban J connectivity index is 1.47. The molecular formula is C16H17Cl3N2O3S2. The summed E-state index contributed by atoms with van der Waals surface area (Å²) in [6.07, 6.45) is 0.746. The summed E-state index contributed by atoms with van der Waals surface area (Å²) in [6, 6.07) is 8.04. The fourth-order valence-electron chi connectivity index (χ4n) is 2.72. The van der Waals surface area contributed by atoms with Crippen LogP contribution in [0.5, 0.6) is 5.75 Å². The van der Waals surface area contributed by atoms with Gasteiger partial charge in [0.15, 0.2) is 0 Å². The van der Waals surface area contributed by atoms with Crippen LogP contribution < -0.4 is 9.46 Å². The van der Waals surface area contributed by atoms with Gasteiger partial charge in [0, 0.05) is 30.2 Å². The van der Waals surface area contributed by atoms with Crippen LogP contribution in [-0.2, 0) is 10.0 Å². The first-order valence-electron chi connectivity index (χ1n) is 7.91. The van der Waals surface area contributed by atoms with Gasteiger partial charge < -0.3 is 4.74 Å². The van der Waals surface area contributed by atoms with E-state index in [-0.39, 0.29) is 10.3 Å². The lowest BCUT2D eigenvalue weighted by molar-refractivity contribution is 0.235. The Morgan fingerprint density at radius 1 is 1.23 bits per heavy atom. The Morgan fingerprint density at radius 2 is 2.04 bits per heavy atom. The molecule has 0 bridgehead atoms. The van der Waals surface area contributed by atoms with E-state index in [0.717, 1.165) is 24.3 Å². The number of thiophene rings is 1. The Kier molecular flexibility index (Phi) is 6.72. The number of ether oxygens (including phenoxy) is 1. The molecule has 5 nitrogen and oxygen atoms in total. The molecule has 1 aliphatic rings. The molecule has 0 aliphatic carbocycles. The number of likely N-dealkylation sites (tertiary alicyclic amines) is 1. The zero-order valence-corrected chi connectivity index (χ0v) is 17.5. The van der Waals surface area contributed by atoms with E-state index in [1.165, 1.54) is 6.07 Å². The lowest BCUT2D eigenvalue weighted by Gasteiger charge is -2.17. The van der Waals surface area contributed by atoms with E-state index in [1.807, 2.05) is 0 Å². The van der Waals surface area contributed by atoms with Crippen molar-refractivity contribution in [2.75, 3.05) is 26.2 Å². The third-order valence-electron chi connectivity index (χ3n) is 3.97. The first kappa shape index (κ1) is 20.2. The second-order valence-corrected chi connectivity index (χ2v) is 10.4. The van der Waals surface area contributed by atoms with Gasteiger partial charge in [0.2, 0.25) is 10.0 Å². The van der Waals surface area contributed by atoms with Gasteiger partial charge in [-0.25, -0.2) is 13.1 Å². The largest absolute Gasteiger partial charge is 0.491 e. The molecule has 1 fully saturated rings. The maximum absolute atomic E-state index is 12.3. The molecule has 3 rings (SSSR count). The molecule has 0 radical (unpaired) electrons. The third-order valence-corrected chi connectivity index (χ3v) is 7.76. The van der Waals surface area contributed by atoms with E-state index >= 15 is 0 Å². The number of sulfonamides is 1. The predicted molar refractivity (Wildman–Crippen MR) is 106 cm³/mol. The molecule has 1 unspecified atom stereocenters. The van der Waals surface area contributed by atoms with Gasteiger partial charge in [-0.3, -0.25) is 4.90 Å². The minimum absolute atomic E-state index is 0.129. The summed E-state index contributed by atoms with van der Waals surface area (Å²) in [7, 11) is -3.53. The molecule has 1 aromatic heterocycles. The number of benzene rings is 1. The van der Waals surface area contributed by atoms with Gasteiger partial charge in [-0.1, -0.05) is 34.8 Å². The summed E-state index contributed by atoms with van der Waals surface area (Å²) in [5.74, 6) is 0.546. The van der Waals surface area contributed by atoms with Gasteiger partial charge in [0.05, 0.1) is 9.36 Å². The zero-order chi connectivity index (χ0) is 18.7. The lowest BCUT2D eigenvalue weighted by atomic mass is 10.3. The molecule has 10 heteroatoms. The molecule has 2 aromatic rings. The summed E-state index contributed by atoms with van der Waals surface area (Å²) < 4.78 is 33.8. The fourth-order valence-corrected chi connectivity index (χ4v) is 5.82. The minimum Gasteiger partial charge on any atom is -0.491 e. The van der Waals surface area contributed by atoms with Gasteiger partial charge in [-0.15, -0.1) is 11.3 Å². The monoisotopic (exact) mass is 454 g/mol. The summed E-state index contributed by atoms with van der Waals surface area (Å²) >= 11 is 18.9. The molecule has 1 saturated heterocycles. The van der Waals surface area contributed by atoms with Crippen LogP contribution in [0.3, 0.4) is 0 Å². The molecule has 2 heterocycles. The maximum Gasteiger partial charge on any atom is 0.250 e. The highest BCUT2D eigenvalue weighted by Crippen LogP contribution is 2.28. The first-order chi connectivity index (χ1) is 12.3. The van der Waals surface area contributed by atoms with E-state index in [0.29, 0.717) is 39.8 Å². The zero-order valence-electron chi connectivity index (χ0n) is 13.6. The van der Waals surface area contributed by atoms with Crippen LogP contribution in [0.1, 0.15) is 6.42 Å². The van der Waals surface area contributed by atoms with Crippen LogP contribution in [0.4, 0.5) is 0 Å². The number of nitrogens with zero attached hydrogens (tertiary/aromatic N) is 1. The van der Waals surface area contributed by atoms with Crippen LogP contribution in [0.15, 0.2) is 34.5 Å². The second kappa shape index (κ2) is 8.65. The van der Waals surface area contributed by atoms with E-state index in [4.69, 9.17) is 39.5 Å². The van der Waals surface area contributed by atoms with Gasteiger partial charge >= 0.3 is 0 Å². The number of hydrogen-bond acceptors (Lipinski definition) is 5. The Morgan fingerprint density at radius 3 is 2.77 bits per heavy atom. The van der Waals surface area contributed by atoms with Crippen molar-refractivity contribution >= 4 is 56.2 Å². The fraction of sp³-hybridized carbons (Fsp3) is 0.375. The summed E-state index contributed by atoms with van der Waals surface area (Å²) in [4.78, 5) is 2.15. The van der Waals surface area contributed by atoms with Gasteiger partial charge in [0.1, 0.15) is 16.6 Å². The average Bonchev–Trinajstić information content (AvgIpc) is 3.20. The van der Waals surface area contributed by atoms with E-state index < -0.39 is 10.0 Å². The summed E-state index contributed by atoms with van der Waals surface area (Å²) in [5, 5.41) is 1.07. The van der Waals surface area contributed by atoms with Crippen molar-refractivity contribution in [1.29, 1.82) is 0 Å². The Hall–Kier alpha value is -0.540. The second-order valence-electron chi connectivity index (χ2n) is 5.89. The summed E-state index contributed by atoms with van der Waals surface area (Å²) in [6.45, 7) is 2.54. The number of halogens is 3. The van der Waals surface area contributed by atoms with Crippen LogP contribution in [0.25, 0.3) is 0 Å². The molecule has 1 atom stereocenters. The van der Waals surface area contributed by atoms with Crippen molar-refractivity contribution in [3.05, 3.63) is 44.7 Å². The van der Waals surface area contributed by atoms with Crippen molar-refractivity contribution in [1.82, 2.24) is 9.62 Å². The van der Waals surface area contributed by atoms with Crippen molar-refractivity contribution in [2.24, 2.45) is 0 Å². The highest BCUT2D eigenvalue weighted by molar-refractivity contribution is 7.91. The number of rotatable bonds is 7. The standard InChI is InChI=1S/C16H17Cl3N2O3S2/c17-11-1-2-13(18)14(9-11)24-8-7-21-6-5-12(10-21)20-26(22,23)16-4-3-15(19)25-16/h1-4,9,12,20H,5-8,10H2. The molecule has 26 heavy (non-hydrogen) atoms. The molecule has 1 N–H and O–H groups in total. The molecule has 1 aliphatic heterocycles. The van der Waals surface area contributed by atoms with Crippen molar-refractivity contribution in [3.63, 3.8) is 0 Å². The van der Waals surface area contributed by atoms with E-state index in [2.05, 4.69) is 9.62 Å². The molecule has 142 valence electrons. The topological polar surface area (TPSA) is 58.6 Å². The predicted octanol–water partition coefficient (Wildman–Crippen LogP) is 4.14. The normalized spacial score (nSPS) is 18.3. The van der Waals surface area contributed by atoms with E-state index in [1.54, 1.807) is 24.3 Å². The van der Waals surface area contributed by atoms with Crippen LogP contribution in [0, 0.1) is 0 Å². The first-order valence-corrected chi connectivity index (χ1v) is 11.3. The summed E-state index contributed by atoms with van der Waals surface area (Å²) in [5.41, 5.74) is 0. The smallest absolute Gasteiger partial charge is 0.250 e. The number of nitrogens with one attached hydrogen (secondary N) is 1. The number of hydrogen-bond donors (Lipinski definition) is 1. The van der Waals surface area contributed by atoms with Crippen molar-refractivity contribution < 1.29 is 13.2 Å². The highest BCUT2D eigenvalue weighted by Gasteiger charge is 2.28. The highest BCUT2D eigenvalue weighted by atomic mass is 35.5. The molecule has 1 aromatic carbocycles. The van der Waals surface area contributed by atoms with Crippen LogP contribution in [0.2, 0.25) is 14.4 Å². The van der Waals surface area contributed by atoms with E-state index in [9.17, 15) is 8.42 Å². The van der Waals surface area contributed by atoms with Crippen LogP contribution >= 0.6 is 46.1 Å². The van der Waals surface area contributed by atoms with Gasteiger partial charge in [-0.2, -0.15) is 0 Å². The van der Waals surface area contributed by atoms with Crippen molar-refractivity contribution in [2.45, 2.75) is 16.7 Å². The molecular weight excluding hydrogens is 439 g/mol. The van der Waals surface area contributed by atoms with Crippen molar-refractivity contribution in [3.8, 4) is 5.75 Å². The molecule has 0 amide bonds. The molecule has 0 spiro atoms. The van der Waals surface area contributed by atoms with Crippen LogP contribution in [-0.4, -0.2) is 45.6 Å². The average molecular weight is 456 g/mol. The molecule has 0 saturated carbocycles. The minimum atomic E-state index is -3.53. The Labute approximate surface area is 171 Å². The lowest BCUT2D eigenvalue weighted by Crippen LogP contribution is -2.37. The quantitative estimate of drug-likeness (QED) is 0.682. The van der Waals surface area contributed by atoms with Gasteiger partial charge in [0.25, 0.3) is 0 Å². The Bertz CT molecular complexity index is 873. The van der Waals surface area contributed by atoms with Gasteiger partial charge in [-0.05, 0) is 37.2 Å². The third kappa shape index (κ3) is 5.25.